The van der Waals surface area contributed by atoms with Crippen molar-refractivity contribution in [1.29, 1.82) is 0 Å². The first-order chi connectivity index (χ1) is 10.7. The fourth-order valence-corrected chi connectivity index (χ4v) is 2.31. The molecule has 0 unspecified atom stereocenters. The maximum Gasteiger partial charge on any atom is 0.231 e. The van der Waals surface area contributed by atoms with Gasteiger partial charge in [-0.2, -0.15) is 0 Å². The second-order valence-corrected chi connectivity index (χ2v) is 5.21. The van der Waals surface area contributed by atoms with Gasteiger partial charge in [0.25, 0.3) is 0 Å². The van der Waals surface area contributed by atoms with Crippen LogP contribution in [0.4, 0.5) is 5.82 Å². The zero-order valence-corrected chi connectivity index (χ0v) is 13.0. The van der Waals surface area contributed by atoms with Crippen LogP contribution in [0, 0.1) is 13.8 Å². The molecule has 22 heavy (non-hydrogen) atoms. The number of fused-ring (bicyclic) bond motifs is 1. The van der Waals surface area contributed by atoms with E-state index in [2.05, 4.69) is 37.7 Å². The maximum absolute atomic E-state index is 5.62. The zero-order valence-electron chi connectivity index (χ0n) is 13.0. The van der Waals surface area contributed by atoms with E-state index in [1.165, 1.54) is 6.33 Å². The van der Waals surface area contributed by atoms with Crippen molar-refractivity contribution >= 4 is 16.9 Å². The molecule has 0 spiro atoms. The molecule has 3 aromatic rings. The average molecular weight is 301 g/mol. The number of nitrogens with zero attached hydrogens (tertiary/aromatic N) is 6. The first-order valence-corrected chi connectivity index (χ1v) is 7.40. The molecule has 0 saturated heterocycles. The van der Waals surface area contributed by atoms with Crippen molar-refractivity contribution in [2.75, 3.05) is 5.32 Å². The van der Waals surface area contributed by atoms with Gasteiger partial charge in [-0.05, 0) is 30.7 Å². The van der Waals surface area contributed by atoms with Gasteiger partial charge in [-0.15, -0.1) is 5.10 Å². The van der Waals surface area contributed by atoms with Crippen LogP contribution in [0.5, 0.6) is 0 Å². The van der Waals surface area contributed by atoms with Crippen LogP contribution in [0.1, 0.15) is 36.9 Å². The summed E-state index contributed by atoms with van der Waals surface area (Å²) < 4.78 is 7.44. The van der Waals surface area contributed by atoms with E-state index in [0.717, 1.165) is 47.7 Å². The molecule has 0 saturated carbocycles. The SMILES string of the molecule is CCCCn1nnnc1CNc1ncnc2oc(C)c(C)c12. The summed E-state index contributed by atoms with van der Waals surface area (Å²) in [5, 5.41) is 16.0. The predicted molar refractivity (Wildman–Crippen MR) is 81.3 cm³/mol. The fourth-order valence-electron chi connectivity index (χ4n) is 2.31. The van der Waals surface area contributed by atoms with Crippen molar-refractivity contribution in [2.45, 2.75) is 46.7 Å². The third-order valence-corrected chi connectivity index (χ3v) is 3.71. The number of furan rings is 1. The lowest BCUT2D eigenvalue weighted by Crippen LogP contribution is -2.11. The largest absolute Gasteiger partial charge is 0.443 e. The second kappa shape index (κ2) is 6.08. The lowest BCUT2D eigenvalue weighted by molar-refractivity contribution is 0.535. The summed E-state index contributed by atoms with van der Waals surface area (Å²) in [6.07, 6.45) is 3.65. The Kier molecular flexibility index (Phi) is 3.99. The van der Waals surface area contributed by atoms with E-state index < -0.39 is 0 Å². The monoisotopic (exact) mass is 301 g/mol. The van der Waals surface area contributed by atoms with Gasteiger partial charge in [0.1, 0.15) is 17.9 Å². The highest BCUT2D eigenvalue weighted by atomic mass is 16.3. The van der Waals surface area contributed by atoms with Crippen LogP contribution in [-0.4, -0.2) is 30.2 Å². The lowest BCUT2D eigenvalue weighted by Gasteiger charge is -2.07. The van der Waals surface area contributed by atoms with Crippen LogP contribution in [0.25, 0.3) is 11.1 Å². The first-order valence-electron chi connectivity index (χ1n) is 7.40. The number of nitrogens with one attached hydrogen (secondary N) is 1. The van der Waals surface area contributed by atoms with E-state index in [4.69, 9.17) is 4.42 Å². The molecule has 3 heterocycles. The molecule has 0 aromatic carbocycles. The molecular weight excluding hydrogens is 282 g/mol. The normalized spacial score (nSPS) is 11.2. The number of anilines is 1. The van der Waals surface area contributed by atoms with Crippen molar-refractivity contribution in [2.24, 2.45) is 0 Å². The van der Waals surface area contributed by atoms with Crippen LogP contribution in [0.3, 0.4) is 0 Å². The van der Waals surface area contributed by atoms with E-state index in [1.54, 1.807) is 0 Å². The zero-order chi connectivity index (χ0) is 15.5. The number of unbranched alkanes of at least 4 members (excludes halogenated alkanes) is 1. The first kappa shape index (κ1) is 14.4. The molecule has 3 rings (SSSR count). The maximum atomic E-state index is 5.62. The molecule has 0 atom stereocenters. The van der Waals surface area contributed by atoms with Crippen LogP contribution in [0.15, 0.2) is 10.7 Å². The standard InChI is InChI=1S/C14H19N7O/c1-4-5-6-21-11(18-19-20-21)7-15-13-12-9(2)10(3)22-14(12)17-8-16-13/h8H,4-7H2,1-3H3,(H,15,16,17). The predicted octanol–water partition coefficient (Wildman–Crippen LogP) is 2.24. The van der Waals surface area contributed by atoms with Crippen molar-refractivity contribution in [3.05, 3.63) is 23.5 Å². The number of aromatic nitrogens is 6. The van der Waals surface area contributed by atoms with Gasteiger partial charge < -0.3 is 9.73 Å². The second-order valence-electron chi connectivity index (χ2n) is 5.21. The Morgan fingerprint density at radius 1 is 1.27 bits per heavy atom. The summed E-state index contributed by atoms with van der Waals surface area (Å²) in [7, 11) is 0. The smallest absolute Gasteiger partial charge is 0.231 e. The van der Waals surface area contributed by atoms with Crippen molar-refractivity contribution in [3.63, 3.8) is 0 Å². The molecule has 0 aliphatic rings. The minimum absolute atomic E-state index is 0.506. The summed E-state index contributed by atoms with van der Waals surface area (Å²) >= 11 is 0. The molecule has 8 nitrogen and oxygen atoms in total. The molecule has 0 radical (unpaired) electrons. The number of hydrogen-bond acceptors (Lipinski definition) is 7. The van der Waals surface area contributed by atoms with Crippen LogP contribution >= 0.6 is 0 Å². The van der Waals surface area contributed by atoms with E-state index in [-0.39, 0.29) is 0 Å². The Labute approximate surface area is 127 Å². The summed E-state index contributed by atoms with van der Waals surface area (Å²) in [5.74, 6) is 2.38. The van der Waals surface area contributed by atoms with E-state index in [1.807, 2.05) is 18.5 Å². The quantitative estimate of drug-likeness (QED) is 0.746. The minimum Gasteiger partial charge on any atom is -0.443 e. The molecule has 116 valence electrons. The molecule has 0 amide bonds. The lowest BCUT2D eigenvalue weighted by atomic mass is 10.2. The highest BCUT2D eigenvalue weighted by Gasteiger charge is 2.14. The van der Waals surface area contributed by atoms with E-state index >= 15 is 0 Å². The topological polar surface area (TPSA) is 94.6 Å². The van der Waals surface area contributed by atoms with Crippen LogP contribution in [0.2, 0.25) is 0 Å². The van der Waals surface area contributed by atoms with Gasteiger partial charge in [-0.25, -0.2) is 14.6 Å². The molecule has 0 fully saturated rings. The van der Waals surface area contributed by atoms with Crippen molar-refractivity contribution in [3.8, 4) is 0 Å². The van der Waals surface area contributed by atoms with Gasteiger partial charge in [0.05, 0.1) is 11.9 Å². The summed E-state index contributed by atoms with van der Waals surface area (Å²) in [4.78, 5) is 8.48. The van der Waals surface area contributed by atoms with Crippen molar-refractivity contribution < 1.29 is 4.42 Å². The molecule has 0 aliphatic heterocycles. The molecule has 0 aliphatic carbocycles. The van der Waals surface area contributed by atoms with Crippen LogP contribution in [-0.2, 0) is 13.1 Å². The van der Waals surface area contributed by atoms with E-state index in [9.17, 15) is 0 Å². The fraction of sp³-hybridized carbons (Fsp3) is 0.500. The Morgan fingerprint density at radius 2 is 2.14 bits per heavy atom. The number of rotatable bonds is 6. The van der Waals surface area contributed by atoms with Gasteiger partial charge in [-0.1, -0.05) is 13.3 Å². The van der Waals surface area contributed by atoms with Crippen molar-refractivity contribution in [1.82, 2.24) is 30.2 Å². The highest BCUT2D eigenvalue weighted by Crippen LogP contribution is 2.28. The molecule has 8 heteroatoms. The van der Waals surface area contributed by atoms with Gasteiger partial charge in [0.15, 0.2) is 5.82 Å². The number of hydrogen-bond donors (Lipinski definition) is 1. The number of aryl methyl sites for hydroxylation is 3. The van der Waals surface area contributed by atoms with Gasteiger partial charge >= 0.3 is 0 Å². The Balaban J connectivity index is 1.81. The average Bonchev–Trinajstić information content (AvgIpc) is 3.08. The third-order valence-electron chi connectivity index (χ3n) is 3.71. The summed E-state index contributed by atoms with van der Waals surface area (Å²) in [6, 6.07) is 0. The van der Waals surface area contributed by atoms with Crippen LogP contribution < -0.4 is 5.32 Å². The highest BCUT2D eigenvalue weighted by molar-refractivity contribution is 5.89. The van der Waals surface area contributed by atoms with Gasteiger partial charge in [0.2, 0.25) is 5.71 Å². The van der Waals surface area contributed by atoms with E-state index in [0.29, 0.717) is 12.3 Å². The summed E-state index contributed by atoms with van der Waals surface area (Å²) in [6.45, 7) is 7.40. The Bertz CT molecular complexity index is 777. The third kappa shape index (κ3) is 2.63. The Hall–Kier alpha value is -2.51. The molecular formula is C14H19N7O. The molecule has 0 bridgehead atoms. The summed E-state index contributed by atoms with van der Waals surface area (Å²) in [5.41, 5.74) is 1.64. The van der Waals surface area contributed by atoms with Gasteiger partial charge in [-0.3, -0.25) is 0 Å². The molecule has 1 N–H and O–H groups in total. The minimum atomic E-state index is 0.506. The Morgan fingerprint density at radius 3 is 2.95 bits per heavy atom. The van der Waals surface area contributed by atoms with Gasteiger partial charge in [0, 0.05) is 12.1 Å². The molecule has 3 aromatic heterocycles. The number of tetrazole rings is 1.